The van der Waals surface area contributed by atoms with Gasteiger partial charge in [0, 0.05) is 26.2 Å². The van der Waals surface area contributed by atoms with Crippen LogP contribution in [0.4, 0.5) is 5.69 Å². The molecule has 0 heterocycles. The average Bonchev–Trinajstić information content (AvgIpc) is 2.80. The molecular weight excluding hydrogens is 471 g/mol. The predicted molar refractivity (Wildman–Crippen MR) is 127 cm³/mol. The van der Waals surface area contributed by atoms with Crippen molar-refractivity contribution in [1.29, 1.82) is 0 Å². The molecule has 0 aromatic heterocycles. The molecule has 0 saturated heterocycles. The number of rotatable bonds is 7. The molecule has 32 heavy (non-hydrogen) atoms. The zero-order valence-corrected chi connectivity index (χ0v) is 20.1. The van der Waals surface area contributed by atoms with Crippen molar-refractivity contribution >= 4 is 44.8 Å². The van der Waals surface area contributed by atoms with Crippen molar-refractivity contribution in [2.24, 2.45) is 0 Å². The summed E-state index contributed by atoms with van der Waals surface area (Å²) >= 11 is 12.0. The van der Waals surface area contributed by atoms with Crippen LogP contribution in [0.3, 0.4) is 0 Å². The third-order valence-electron chi connectivity index (χ3n) is 4.93. The lowest BCUT2D eigenvalue weighted by atomic mass is 10.1. The Morgan fingerprint density at radius 1 is 0.938 bits per heavy atom. The molecule has 1 amide bonds. The van der Waals surface area contributed by atoms with E-state index < -0.39 is 10.0 Å². The lowest BCUT2D eigenvalue weighted by Crippen LogP contribution is -2.28. The second-order valence-corrected chi connectivity index (χ2v) is 9.86. The molecule has 0 spiro atoms. The zero-order valence-electron chi connectivity index (χ0n) is 17.7. The van der Waals surface area contributed by atoms with Gasteiger partial charge in [0.15, 0.2) is 0 Å². The second-order valence-electron chi connectivity index (χ2n) is 7.08. The standard InChI is InChI=1S/C23H22Cl2N2O4S/c1-26(15-16-8-13-19(24)20(25)14-16)23(28)17-9-11-18(12-10-17)32(29,30)27(2)21-6-4-5-7-22(21)31-3/h4-14H,15H2,1-3H3. The number of ether oxygens (including phenoxy) is 1. The van der Waals surface area contributed by atoms with E-state index in [1.54, 1.807) is 49.5 Å². The molecule has 0 bridgehead atoms. The Hall–Kier alpha value is -2.74. The minimum absolute atomic E-state index is 0.0644. The highest BCUT2D eigenvalue weighted by Gasteiger charge is 2.24. The molecule has 0 unspecified atom stereocenters. The molecule has 168 valence electrons. The molecule has 3 aromatic carbocycles. The number of hydrogen-bond donors (Lipinski definition) is 0. The van der Waals surface area contributed by atoms with Gasteiger partial charge in [0.25, 0.3) is 15.9 Å². The van der Waals surface area contributed by atoms with Crippen LogP contribution in [0, 0.1) is 0 Å². The monoisotopic (exact) mass is 492 g/mol. The van der Waals surface area contributed by atoms with Gasteiger partial charge in [-0.15, -0.1) is 0 Å². The molecule has 3 aromatic rings. The molecular formula is C23H22Cl2N2O4S. The smallest absolute Gasteiger partial charge is 0.264 e. The zero-order chi connectivity index (χ0) is 23.5. The predicted octanol–water partition coefficient (Wildman–Crippen LogP) is 5.10. The number of sulfonamides is 1. The Morgan fingerprint density at radius 3 is 2.22 bits per heavy atom. The summed E-state index contributed by atoms with van der Waals surface area (Å²) < 4.78 is 32.6. The Kier molecular flexibility index (Phi) is 7.33. The van der Waals surface area contributed by atoms with Crippen molar-refractivity contribution in [3.63, 3.8) is 0 Å². The first-order valence-corrected chi connectivity index (χ1v) is 11.8. The minimum Gasteiger partial charge on any atom is -0.495 e. The second kappa shape index (κ2) is 9.81. The summed E-state index contributed by atoms with van der Waals surface area (Å²) in [4.78, 5) is 14.4. The highest BCUT2D eigenvalue weighted by atomic mass is 35.5. The van der Waals surface area contributed by atoms with Crippen molar-refractivity contribution in [2.75, 3.05) is 25.5 Å². The van der Waals surface area contributed by atoms with Crippen molar-refractivity contribution < 1.29 is 17.9 Å². The lowest BCUT2D eigenvalue weighted by Gasteiger charge is -2.22. The number of hydrogen-bond acceptors (Lipinski definition) is 4. The number of halogens is 2. The van der Waals surface area contributed by atoms with E-state index in [1.807, 2.05) is 0 Å². The Morgan fingerprint density at radius 2 is 1.59 bits per heavy atom. The molecule has 0 saturated carbocycles. The number of benzene rings is 3. The number of carbonyl (C=O) groups excluding carboxylic acids is 1. The molecule has 0 radical (unpaired) electrons. The van der Waals surface area contributed by atoms with Gasteiger partial charge in [0.2, 0.25) is 0 Å². The van der Waals surface area contributed by atoms with Crippen LogP contribution in [0.1, 0.15) is 15.9 Å². The Bertz CT molecular complexity index is 1230. The molecule has 9 heteroatoms. The van der Waals surface area contributed by atoms with Gasteiger partial charge in [-0.25, -0.2) is 8.42 Å². The van der Waals surface area contributed by atoms with E-state index in [0.29, 0.717) is 33.6 Å². The van der Waals surface area contributed by atoms with Crippen molar-refractivity contribution in [2.45, 2.75) is 11.4 Å². The number of anilines is 1. The van der Waals surface area contributed by atoms with Gasteiger partial charge in [-0.2, -0.15) is 0 Å². The molecule has 0 N–H and O–H groups in total. The van der Waals surface area contributed by atoms with Crippen LogP contribution in [-0.4, -0.2) is 40.4 Å². The Balaban J connectivity index is 1.78. The van der Waals surface area contributed by atoms with Crippen LogP contribution in [0.25, 0.3) is 0 Å². The largest absolute Gasteiger partial charge is 0.495 e. The number of carbonyl (C=O) groups is 1. The molecule has 0 aliphatic heterocycles. The van der Waals surface area contributed by atoms with E-state index in [9.17, 15) is 13.2 Å². The first-order valence-electron chi connectivity index (χ1n) is 9.56. The van der Waals surface area contributed by atoms with Crippen molar-refractivity contribution in [3.8, 4) is 5.75 Å². The summed E-state index contributed by atoms with van der Waals surface area (Å²) in [5.41, 5.74) is 1.61. The van der Waals surface area contributed by atoms with Crippen molar-refractivity contribution in [3.05, 3.63) is 87.9 Å². The quantitative estimate of drug-likeness (QED) is 0.460. The summed E-state index contributed by atoms with van der Waals surface area (Å²) in [6, 6.07) is 17.8. The fraction of sp³-hybridized carbons (Fsp3) is 0.174. The molecule has 3 rings (SSSR count). The summed E-state index contributed by atoms with van der Waals surface area (Å²) in [6.07, 6.45) is 0. The van der Waals surface area contributed by atoms with Crippen LogP contribution >= 0.6 is 23.2 Å². The third kappa shape index (κ3) is 5.01. The summed E-state index contributed by atoms with van der Waals surface area (Å²) in [7, 11) is 0.750. The number of methoxy groups -OCH3 is 1. The average molecular weight is 493 g/mol. The lowest BCUT2D eigenvalue weighted by molar-refractivity contribution is 0.0785. The summed E-state index contributed by atoms with van der Waals surface area (Å²) in [6.45, 7) is 0.326. The van der Waals surface area contributed by atoms with Gasteiger partial charge in [-0.3, -0.25) is 9.10 Å². The van der Waals surface area contributed by atoms with Gasteiger partial charge in [-0.05, 0) is 54.1 Å². The first kappa shape index (κ1) is 23.9. The van der Waals surface area contributed by atoms with Gasteiger partial charge in [0.05, 0.1) is 27.7 Å². The van der Waals surface area contributed by atoms with Crippen molar-refractivity contribution in [1.82, 2.24) is 4.90 Å². The van der Waals surface area contributed by atoms with Gasteiger partial charge < -0.3 is 9.64 Å². The van der Waals surface area contributed by atoms with Crippen LogP contribution in [-0.2, 0) is 16.6 Å². The SMILES string of the molecule is COc1ccccc1N(C)S(=O)(=O)c1ccc(C(=O)N(C)Cc2ccc(Cl)c(Cl)c2)cc1. The van der Waals surface area contributed by atoms with Gasteiger partial charge in [0.1, 0.15) is 5.75 Å². The van der Waals surface area contributed by atoms with E-state index in [4.69, 9.17) is 27.9 Å². The van der Waals surface area contributed by atoms with E-state index >= 15 is 0 Å². The minimum atomic E-state index is -3.84. The van der Waals surface area contributed by atoms with E-state index in [-0.39, 0.29) is 10.8 Å². The molecule has 0 aliphatic rings. The van der Waals surface area contributed by atoms with Gasteiger partial charge >= 0.3 is 0 Å². The highest BCUT2D eigenvalue weighted by Crippen LogP contribution is 2.31. The van der Waals surface area contributed by atoms with Crippen LogP contribution in [0.2, 0.25) is 10.0 Å². The maximum atomic E-state index is 13.1. The van der Waals surface area contributed by atoms with E-state index in [2.05, 4.69) is 0 Å². The summed E-state index contributed by atoms with van der Waals surface area (Å²) in [5.74, 6) is 0.187. The molecule has 0 fully saturated rings. The fourth-order valence-corrected chi connectivity index (χ4v) is 4.68. The topological polar surface area (TPSA) is 66.9 Å². The maximum absolute atomic E-state index is 13.1. The van der Waals surface area contributed by atoms with Crippen LogP contribution in [0.15, 0.2) is 71.6 Å². The molecule has 6 nitrogen and oxygen atoms in total. The van der Waals surface area contributed by atoms with E-state index in [0.717, 1.165) is 9.87 Å². The van der Waals surface area contributed by atoms with Crippen LogP contribution < -0.4 is 9.04 Å². The molecule has 0 atom stereocenters. The first-order chi connectivity index (χ1) is 15.1. The maximum Gasteiger partial charge on any atom is 0.264 e. The summed E-state index contributed by atoms with van der Waals surface area (Å²) in [5, 5.41) is 0.859. The number of para-hydroxylation sites is 2. The number of amides is 1. The number of nitrogens with zero attached hydrogens (tertiary/aromatic N) is 2. The van der Waals surface area contributed by atoms with Crippen LogP contribution in [0.5, 0.6) is 5.75 Å². The van der Waals surface area contributed by atoms with Gasteiger partial charge in [-0.1, -0.05) is 41.4 Å². The van der Waals surface area contributed by atoms with E-state index in [1.165, 1.54) is 43.3 Å². The Labute approximate surface area is 198 Å². The fourth-order valence-electron chi connectivity index (χ4n) is 3.15. The highest BCUT2D eigenvalue weighted by molar-refractivity contribution is 7.92. The normalized spacial score (nSPS) is 11.2. The third-order valence-corrected chi connectivity index (χ3v) is 7.46. The molecule has 0 aliphatic carbocycles.